The van der Waals surface area contributed by atoms with E-state index >= 15 is 0 Å². The molecule has 13 aromatic rings. The molecule has 0 saturated carbocycles. The Hall–Kier alpha value is -7.94. The molecular formula is C58H34O2. The van der Waals surface area contributed by atoms with E-state index in [1.165, 1.54) is 76.5 Å². The molecule has 13 rings (SSSR count). The predicted octanol–water partition coefficient (Wildman–Crippen LogP) is 16.8. The van der Waals surface area contributed by atoms with E-state index in [-0.39, 0.29) is 0 Å². The van der Waals surface area contributed by atoms with E-state index in [0.29, 0.717) is 0 Å². The summed E-state index contributed by atoms with van der Waals surface area (Å²) in [5.41, 5.74) is 12.8. The zero-order valence-corrected chi connectivity index (χ0v) is 32.4. The zero-order chi connectivity index (χ0) is 39.3. The topological polar surface area (TPSA) is 26.3 Å². The first-order valence-corrected chi connectivity index (χ1v) is 20.6. The summed E-state index contributed by atoms with van der Waals surface area (Å²) >= 11 is 0. The second-order valence-corrected chi connectivity index (χ2v) is 16.0. The Morgan fingerprint density at radius 3 is 1.22 bits per heavy atom. The van der Waals surface area contributed by atoms with Gasteiger partial charge in [-0.25, -0.2) is 0 Å². The Morgan fingerprint density at radius 2 is 0.600 bits per heavy atom. The summed E-state index contributed by atoms with van der Waals surface area (Å²) in [5.74, 6) is 0. The molecule has 0 N–H and O–H groups in total. The molecule has 2 aromatic heterocycles. The molecule has 0 saturated heterocycles. The molecule has 0 unspecified atom stereocenters. The van der Waals surface area contributed by atoms with E-state index in [4.69, 9.17) is 8.83 Å². The molecule has 0 amide bonds. The number of hydrogen-bond donors (Lipinski definition) is 0. The molecular weight excluding hydrogens is 729 g/mol. The Bertz CT molecular complexity index is 3880. The second kappa shape index (κ2) is 12.8. The molecule has 0 radical (unpaired) electrons. The van der Waals surface area contributed by atoms with Gasteiger partial charge in [0, 0.05) is 21.5 Å². The number of para-hydroxylation sites is 1. The highest BCUT2D eigenvalue weighted by molar-refractivity contribution is 6.26. The molecule has 2 heteroatoms. The lowest BCUT2D eigenvalue weighted by molar-refractivity contribution is 0.633. The maximum absolute atomic E-state index is 6.45. The van der Waals surface area contributed by atoms with Crippen LogP contribution in [-0.2, 0) is 0 Å². The normalized spacial score (nSPS) is 12.0. The molecule has 11 aromatic carbocycles. The van der Waals surface area contributed by atoms with Crippen molar-refractivity contribution in [3.05, 3.63) is 206 Å². The molecule has 278 valence electrons. The van der Waals surface area contributed by atoms with Crippen LogP contribution >= 0.6 is 0 Å². The molecule has 60 heavy (non-hydrogen) atoms. The lowest BCUT2D eigenvalue weighted by atomic mass is 9.89. The van der Waals surface area contributed by atoms with E-state index in [0.717, 1.165) is 55.0 Å². The van der Waals surface area contributed by atoms with Crippen LogP contribution in [0.4, 0.5) is 0 Å². The molecule has 2 nitrogen and oxygen atoms in total. The molecule has 0 aliphatic carbocycles. The van der Waals surface area contributed by atoms with Crippen LogP contribution < -0.4 is 0 Å². The van der Waals surface area contributed by atoms with Crippen LogP contribution in [0.5, 0.6) is 0 Å². The van der Waals surface area contributed by atoms with Crippen molar-refractivity contribution in [2.75, 3.05) is 0 Å². The van der Waals surface area contributed by atoms with Crippen molar-refractivity contribution >= 4 is 87.0 Å². The standard InChI is InChI=1S/C58H34O2/c1-2-10-36-29-41(20-19-35(36)9-1)43-22-25-48-47-24-21-42(32-52(47)45-15-3-4-16-46(45)53(48)33-43)39-13-7-11-37(30-39)38-12-8-14-40(31-38)44-23-28-56-54(34-44)51-27-26-50-49-17-5-6-18-55(49)59-57(50)58(51)60-56/h1-34H. The van der Waals surface area contributed by atoms with Crippen molar-refractivity contribution < 1.29 is 8.83 Å². The smallest absolute Gasteiger partial charge is 0.178 e. The van der Waals surface area contributed by atoms with Crippen molar-refractivity contribution in [3.8, 4) is 44.5 Å². The molecule has 0 aliphatic rings. The molecule has 2 heterocycles. The number of furan rings is 2. The van der Waals surface area contributed by atoms with Gasteiger partial charge < -0.3 is 8.83 Å². The first kappa shape index (κ1) is 33.1. The monoisotopic (exact) mass is 762 g/mol. The van der Waals surface area contributed by atoms with Crippen LogP contribution in [0, 0.1) is 0 Å². The minimum absolute atomic E-state index is 0.794. The molecule has 0 aliphatic heterocycles. The summed E-state index contributed by atoms with van der Waals surface area (Å²) in [7, 11) is 0. The van der Waals surface area contributed by atoms with Gasteiger partial charge in [0.25, 0.3) is 0 Å². The third-order valence-corrected chi connectivity index (χ3v) is 12.6. The summed E-state index contributed by atoms with van der Waals surface area (Å²) in [6.45, 7) is 0. The largest absolute Gasteiger partial charge is 0.452 e. The van der Waals surface area contributed by atoms with Crippen LogP contribution in [0.15, 0.2) is 215 Å². The number of hydrogen-bond acceptors (Lipinski definition) is 2. The fourth-order valence-corrected chi connectivity index (χ4v) is 9.64. The Kier molecular flexibility index (Phi) is 7.05. The van der Waals surface area contributed by atoms with E-state index in [1.54, 1.807) is 0 Å². The molecule has 0 fully saturated rings. The summed E-state index contributed by atoms with van der Waals surface area (Å²) in [4.78, 5) is 0. The highest BCUT2D eigenvalue weighted by Gasteiger charge is 2.17. The quantitative estimate of drug-likeness (QED) is 0.167. The lowest BCUT2D eigenvalue weighted by Crippen LogP contribution is -1.87. The van der Waals surface area contributed by atoms with E-state index in [1.807, 2.05) is 18.2 Å². The lowest BCUT2D eigenvalue weighted by Gasteiger charge is -2.14. The van der Waals surface area contributed by atoms with Crippen LogP contribution in [0.3, 0.4) is 0 Å². The summed E-state index contributed by atoms with van der Waals surface area (Å²) in [5, 5.41) is 14.5. The summed E-state index contributed by atoms with van der Waals surface area (Å²) in [6.07, 6.45) is 0. The fourth-order valence-electron chi connectivity index (χ4n) is 9.64. The SMILES string of the molecule is c1cc(-c2cccc(-c3ccc4c5ccc(-c6ccc7ccccc7c6)cc5c5ccccc5c4c3)c2)cc(-c2ccc3oc4c(ccc5c6ccccc6oc54)c3c2)c1. The highest BCUT2D eigenvalue weighted by atomic mass is 16.4. The average molecular weight is 763 g/mol. The van der Waals surface area contributed by atoms with Gasteiger partial charge in [0.15, 0.2) is 11.2 Å². The van der Waals surface area contributed by atoms with Crippen molar-refractivity contribution in [1.29, 1.82) is 0 Å². The Labute approximate surface area is 345 Å². The fraction of sp³-hybridized carbons (Fsp3) is 0. The molecule has 0 spiro atoms. The van der Waals surface area contributed by atoms with Gasteiger partial charge in [-0.05, 0) is 148 Å². The van der Waals surface area contributed by atoms with Gasteiger partial charge >= 0.3 is 0 Å². The average Bonchev–Trinajstić information content (AvgIpc) is 3.90. The van der Waals surface area contributed by atoms with Crippen molar-refractivity contribution in [2.45, 2.75) is 0 Å². The first-order chi connectivity index (χ1) is 29.7. The van der Waals surface area contributed by atoms with Gasteiger partial charge in [-0.2, -0.15) is 0 Å². The van der Waals surface area contributed by atoms with E-state index in [2.05, 4.69) is 188 Å². The number of benzene rings is 11. The van der Waals surface area contributed by atoms with Crippen LogP contribution in [0.1, 0.15) is 0 Å². The van der Waals surface area contributed by atoms with Gasteiger partial charge in [0.2, 0.25) is 0 Å². The van der Waals surface area contributed by atoms with Crippen LogP contribution in [-0.4, -0.2) is 0 Å². The maximum Gasteiger partial charge on any atom is 0.178 e. The molecule has 0 bridgehead atoms. The van der Waals surface area contributed by atoms with Gasteiger partial charge in [-0.3, -0.25) is 0 Å². The minimum Gasteiger partial charge on any atom is -0.452 e. The third kappa shape index (κ3) is 5.08. The zero-order valence-electron chi connectivity index (χ0n) is 32.4. The summed E-state index contributed by atoms with van der Waals surface area (Å²) < 4.78 is 12.8. The predicted molar refractivity (Wildman–Crippen MR) is 253 cm³/mol. The minimum atomic E-state index is 0.794. The Balaban J connectivity index is 0.873. The van der Waals surface area contributed by atoms with Gasteiger partial charge in [0.05, 0.1) is 0 Å². The van der Waals surface area contributed by atoms with Crippen molar-refractivity contribution in [3.63, 3.8) is 0 Å². The maximum atomic E-state index is 6.45. The third-order valence-electron chi connectivity index (χ3n) is 12.6. The Morgan fingerprint density at radius 1 is 0.200 bits per heavy atom. The van der Waals surface area contributed by atoms with Crippen molar-refractivity contribution in [2.24, 2.45) is 0 Å². The highest BCUT2D eigenvalue weighted by Crippen LogP contribution is 2.42. The van der Waals surface area contributed by atoms with E-state index < -0.39 is 0 Å². The van der Waals surface area contributed by atoms with Gasteiger partial charge in [-0.1, -0.05) is 146 Å². The van der Waals surface area contributed by atoms with Crippen LogP contribution in [0.2, 0.25) is 0 Å². The van der Waals surface area contributed by atoms with Gasteiger partial charge in [0.1, 0.15) is 11.2 Å². The number of fused-ring (bicyclic) bond motifs is 14. The number of rotatable bonds is 4. The summed E-state index contributed by atoms with van der Waals surface area (Å²) in [6, 6.07) is 74.9. The van der Waals surface area contributed by atoms with Gasteiger partial charge in [-0.15, -0.1) is 0 Å². The second-order valence-electron chi connectivity index (χ2n) is 16.0. The van der Waals surface area contributed by atoms with Crippen molar-refractivity contribution in [1.82, 2.24) is 0 Å². The van der Waals surface area contributed by atoms with E-state index in [9.17, 15) is 0 Å². The first-order valence-electron chi connectivity index (χ1n) is 20.6. The van der Waals surface area contributed by atoms with Crippen LogP contribution in [0.25, 0.3) is 131 Å². The molecule has 0 atom stereocenters.